The van der Waals surface area contributed by atoms with Crippen LogP contribution in [0, 0.1) is 0 Å². The van der Waals surface area contributed by atoms with Gasteiger partial charge in [0.15, 0.2) is 0 Å². The summed E-state index contributed by atoms with van der Waals surface area (Å²) in [5.41, 5.74) is 8.49. The third-order valence-corrected chi connectivity index (χ3v) is 13.0. The zero-order chi connectivity index (χ0) is 38.8. The number of anilines is 2. The van der Waals surface area contributed by atoms with Gasteiger partial charge in [0.25, 0.3) is 5.91 Å². The van der Waals surface area contributed by atoms with Gasteiger partial charge in [0, 0.05) is 62.9 Å². The number of amides is 4. The Morgan fingerprint density at radius 3 is 2.47 bits per heavy atom. The first-order valence-electron chi connectivity index (χ1n) is 20.2. The van der Waals surface area contributed by atoms with Crippen LogP contribution < -0.4 is 20.3 Å². The van der Waals surface area contributed by atoms with Gasteiger partial charge < -0.3 is 29.9 Å². The van der Waals surface area contributed by atoms with Gasteiger partial charge in [0.2, 0.25) is 17.7 Å². The van der Waals surface area contributed by atoms with Crippen LogP contribution in [0.25, 0.3) is 0 Å². The van der Waals surface area contributed by atoms with E-state index in [9.17, 15) is 24.3 Å². The molecule has 5 heterocycles. The van der Waals surface area contributed by atoms with Gasteiger partial charge >= 0.3 is 0 Å². The van der Waals surface area contributed by atoms with Gasteiger partial charge in [-0.2, -0.15) is 0 Å². The first-order valence-corrected chi connectivity index (χ1v) is 20.2. The average Bonchev–Trinajstić information content (AvgIpc) is 3.52. The lowest BCUT2D eigenvalue weighted by atomic mass is 9.69. The molecule has 12 heteroatoms. The molecule has 4 atom stereocenters. The number of phenolic OH excluding ortho intramolecular Hbond substituents is 1. The van der Waals surface area contributed by atoms with Crippen molar-refractivity contribution < 1.29 is 29.0 Å². The minimum Gasteiger partial charge on any atom is -0.508 e. The summed E-state index contributed by atoms with van der Waals surface area (Å²) in [6, 6.07) is 28.7. The summed E-state index contributed by atoms with van der Waals surface area (Å²) >= 11 is 0. The number of imide groups is 1. The van der Waals surface area contributed by atoms with Crippen molar-refractivity contribution in [1.82, 2.24) is 20.0 Å². The van der Waals surface area contributed by atoms with E-state index >= 15 is 0 Å². The maximum atomic E-state index is 13.4. The van der Waals surface area contributed by atoms with Gasteiger partial charge in [0.1, 0.15) is 24.1 Å². The third-order valence-electron chi connectivity index (χ3n) is 13.0. The summed E-state index contributed by atoms with van der Waals surface area (Å²) in [7, 11) is 0. The number of carbonyl (C=O) groups is 4. The molecule has 1 aliphatic carbocycles. The van der Waals surface area contributed by atoms with E-state index in [1.807, 2.05) is 17.0 Å². The molecule has 5 aliphatic heterocycles. The molecule has 4 amide bonds. The zero-order valence-corrected chi connectivity index (χ0v) is 31.7. The van der Waals surface area contributed by atoms with Crippen molar-refractivity contribution in [2.24, 2.45) is 0 Å². The van der Waals surface area contributed by atoms with Crippen LogP contribution >= 0.6 is 0 Å². The average molecular weight is 767 g/mol. The quantitative estimate of drug-likeness (QED) is 0.237. The fourth-order valence-corrected chi connectivity index (χ4v) is 10.00. The molecule has 12 nitrogen and oxygen atoms in total. The maximum absolute atomic E-state index is 13.4. The van der Waals surface area contributed by atoms with Crippen LogP contribution in [0.5, 0.6) is 11.5 Å². The molecule has 4 aromatic carbocycles. The van der Waals surface area contributed by atoms with Gasteiger partial charge in [-0.1, -0.05) is 48.5 Å². The summed E-state index contributed by atoms with van der Waals surface area (Å²) in [4.78, 5) is 59.0. The van der Waals surface area contributed by atoms with E-state index in [2.05, 4.69) is 81.1 Å². The molecular formula is C45H46N6O6. The second kappa shape index (κ2) is 14.3. The molecule has 0 aromatic heterocycles. The van der Waals surface area contributed by atoms with Crippen molar-refractivity contribution in [2.45, 2.75) is 62.2 Å². The molecule has 292 valence electrons. The van der Waals surface area contributed by atoms with Crippen LogP contribution in [0.1, 0.15) is 69.3 Å². The summed E-state index contributed by atoms with van der Waals surface area (Å²) in [6.45, 7) is 4.63. The highest BCUT2D eigenvalue weighted by Crippen LogP contribution is 2.47. The summed E-state index contributed by atoms with van der Waals surface area (Å²) in [5.74, 6) is 0.734. The number of phenols is 1. The van der Waals surface area contributed by atoms with Crippen molar-refractivity contribution in [3.8, 4) is 11.5 Å². The Morgan fingerprint density at radius 1 is 0.842 bits per heavy atom. The molecule has 3 fully saturated rings. The van der Waals surface area contributed by atoms with E-state index in [1.54, 1.807) is 17.0 Å². The number of piperidine rings is 1. The van der Waals surface area contributed by atoms with Crippen molar-refractivity contribution in [2.75, 3.05) is 56.1 Å². The molecule has 0 bridgehead atoms. The van der Waals surface area contributed by atoms with Crippen LogP contribution in [0.3, 0.4) is 0 Å². The van der Waals surface area contributed by atoms with Gasteiger partial charge in [-0.15, -0.1) is 0 Å². The van der Waals surface area contributed by atoms with Gasteiger partial charge in [-0.25, -0.2) is 0 Å². The number of aromatic hydroxyl groups is 1. The van der Waals surface area contributed by atoms with Crippen LogP contribution in [0.2, 0.25) is 0 Å². The Bertz CT molecular complexity index is 2260. The minimum atomic E-state index is -0.657. The molecule has 0 spiro atoms. The monoisotopic (exact) mass is 766 g/mol. The smallest absolute Gasteiger partial charge is 0.255 e. The van der Waals surface area contributed by atoms with E-state index in [4.69, 9.17) is 4.74 Å². The normalized spacial score (nSPS) is 24.4. The number of fused-ring (bicyclic) bond motifs is 5. The molecule has 6 aliphatic rings. The number of aryl methyl sites for hydroxylation is 1. The van der Waals surface area contributed by atoms with Crippen molar-refractivity contribution >= 4 is 35.0 Å². The highest BCUT2D eigenvalue weighted by molar-refractivity contribution is 6.06. The maximum Gasteiger partial charge on any atom is 0.255 e. The van der Waals surface area contributed by atoms with E-state index in [0.29, 0.717) is 68.7 Å². The Labute approximate surface area is 331 Å². The second-order valence-electron chi connectivity index (χ2n) is 16.4. The van der Waals surface area contributed by atoms with E-state index in [1.165, 1.54) is 22.3 Å². The van der Waals surface area contributed by atoms with Crippen LogP contribution in [0.4, 0.5) is 11.4 Å². The first-order chi connectivity index (χ1) is 27.8. The number of likely N-dealkylation sites (tertiary alicyclic amines) is 1. The molecule has 3 saturated heterocycles. The minimum absolute atomic E-state index is 0.0754. The lowest BCUT2D eigenvalue weighted by molar-refractivity contribution is -0.137. The summed E-state index contributed by atoms with van der Waals surface area (Å²) in [5, 5.41) is 16.2. The predicted molar refractivity (Wildman–Crippen MR) is 213 cm³/mol. The molecular weight excluding hydrogens is 721 g/mol. The number of ether oxygens (including phenoxy) is 1. The van der Waals surface area contributed by atoms with Crippen molar-refractivity contribution in [3.05, 3.63) is 118 Å². The van der Waals surface area contributed by atoms with Gasteiger partial charge in [-0.3, -0.25) is 29.4 Å². The van der Waals surface area contributed by atoms with Crippen molar-refractivity contribution in [1.29, 1.82) is 0 Å². The molecule has 3 N–H and O–H groups in total. The number of nitrogens with zero attached hydrogens (tertiary/aromatic N) is 4. The third kappa shape index (κ3) is 6.55. The molecule has 1 unspecified atom stereocenters. The lowest BCUT2D eigenvalue weighted by Gasteiger charge is -2.46. The topological polar surface area (TPSA) is 135 Å². The Kier molecular flexibility index (Phi) is 8.88. The number of rotatable bonds is 7. The SMILES string of the molecule is O=C1CCC(N2Cc3cc4c(cc3C2=O)OC[C@@H]2CN(CC(=O)N3CC(Nc5ccc([C@@H]6c7ccc(O)cc7CC[C@@H]6c6ccccc6)cc5)C3)CCN42)C(=O)N1. The Morgan fingerprint density at radius 2 is 1.67 bits per heavy atom. The Hall–Kier alpha value is -5.88. The number of hydrogen-bond acceptors (Lipinski definition) is 9. The first kappa shape index (κ1) is 35.5. The molecule has 57 heavy (non-hydrogen) atoms. The highest BCUT2D eigenvalue weighted by Gasteiger charge is 2.42. The van der Waals surface area contributed by atoms with E-state index in [-0.39, 0.29) is 42.1 Å². The standard InChI is InChI=1S/C45H46N6O6/c52-34-11-13-36-29(18-34)8-12-35(27-4-2-1-3-5-27)43(36)28-6-9-31(10-7-28)46-32-22-49(23-32)42(54)25-48-16-17-50-33(24-48)26-57-40-20-37-30(19-39(40)50)21-51(45(37)56)38-14-15-41(53)47-44(38)55/h1-7,9-11,13,18-20,32-33,35,38,43,46,52H,8,12,14-17,21-26H2,(H,47,53,55)/t33-,35+,38?,43-/m0/s1. The fourth-order valence-electron chi connectivity index (χ4n) is 10.00. The van der Waals surface area contributed by atoms with E-state index < -0.39 is 11.9 Å². The summed E-state index contributed by atoms with van der Waals surface area (Å²) < 4.78 is 6.20. The van der Waals surface area contributed by atoms with Crippen LogP contribution in [-0.2, 0) is 27.3 Å². The van der Waals surface area contributed by atoms with Gasteiger partial charge in [0.05, 0.1) is 24.3 Å². The van der Waals surface area contributed by atoms with Gasteiger partial charge in [-0.05, 0) is 89.4 Å². The number of piperazine rings is 1. The molecule has 0 saturated carbocycles. The summed E-state index contributed by atoms with van der Waals surface area (Å²) in [6.07, 6.45) is 2.51. The largest absolute Gasteiger partial charge is 0.508 e. The lowest BCUT2D eigenvalue weighted by Crippen LogP contribution is -2.62. The number of benzene rings is 4. The van der Waals surface area contributed by atoms with Crippen molar-refractivity contribution in [3.63, 3.8) is 0 Å². The fraction of sp³-hybridized carbons (Fsp3) is 0.378. The number of nitrogens with one attached hydrogen (secondary N) is 2. The van der Waals surface area contributed by atoms with E-state index in [0.717, 1.165) is 42.9 Å². The second-order valence-corrected chi connectivity index (χ2v) is 16.4. The number of hydrogen-bond donors (Lipinski definition) is 3. The molecule has 10 rings (SSSR count). The van der Waals surface area contributed by atoms with Crippen LogP contribution in [0.15, 0.2) is 84.9 Å². The predicted octanol–water partition coefficient (Wildman–Crippen LogP) is 4.22. The molecule has 4 aromatic rings. The zero-order valence-electron chi connectivity index (χ0n) is 31.7. The Balaban J connectivity index is 0.733. The molecule has 0 radical (unpaired) electrons. The highest BCUT2D eigenvalue weighted by atomic mass is 16.5. The number of carbonyl (C=O) groups excluding carboxylic acids is 4. The van der Waals surface area contributed by atoms with Crippen LogP contribution in [-0.4, -0.2) is 107 Å².